The first-order chi connectivity index (χ1) is 8.81. The highest BCUT2D eigenvalue weighted by molar-refractivity contribution is 5.26. The van der Waals surface area contributed by atoms with E-state index in [2.05, 4.69) is 36.6 Å². The summed E-state index contributed by atoms with van der Waals surface area (Å²) < 4.78 is 0. The zero-order chi connectivity index (χ0) is 12.8. The number of hydrogen-bond acceptors (Lipinski definition) is 2. The van der Waals surface area contributed by atoms with Crippen LogP contribution in [0, 0.1) is 12.8 Å². The van der Waals surface area contributed by atoms with Crippen LogP contribution in [0.25, 0.3) is 0 Å². The second-order valence-electron chi connectivity index (χ2n) is 5.66. The molecule has 1 fully saturated rings. The second kappa shape index (κ2) is 6.91. The van der Waals surface area contributed by atoms with E-state index >= 15 is 0 Å². The minimum Gasteiger partial charge on any atom is -0.271 e. The first kappa shape index (κ1) is 13.6. The number of hydrogen-bond donors (Lipinski definition) is 2. The van der Waals surface area contributed by atoms with Gasteiger partial charge in [-0.25, -0.2) is 0 Å². The lowest BCUT2D eigenvalue weighted by molar-refractivity contribution is 0.320. The quantitative estimate of drug-likeness (QED) is 0.486. The third-order valence-electron chi connectivity index (χ3n) is 4.38. The maximum absolute atomic E-state index is 5.80. The summed E-state index contributed by atoms with van der Waals surface area (Å²) in [7, 11) is 0. The van der Waals surface area contributed by atoms with E-state index in [9.17, 15) is 0 Å². The Morgan fingerprint density at radius 3 is 2.44 bits per heavy atom. The van der Waals surface area contributed by atoms with Crippen molar-refractivity contribution in [3.05, 3.63) is 35.4 Å². The summed E-state index contributed by atoms with van der Waals surface area (Å²) in [4.78, 5) is 0. The largest absolute Gasteiger partial charge is 0.271 e. The van der Waals surface area contributed by atoms with Crippen molar-refractivity contribution in [3.63, 3.8) is 0 Å². The van der Waals surface area contributed by atoms with Crippen LogP contribution in [-0.4, -0.2) is 6.04 Å². The Kier molecular flexibility index (Phi) is 5.21. The second-order valence-corrected chi connectivity index (χ2v) is 5.66. The van der Waals surface area contributed by atoms with Gasteiger partial charge < -0.3 is 0 Å². The van der Waals surface area contributed by atoms with E-state index in [1.54, 1.807) is 0 Å². The molecule has 2 rings (SSSR count). The van der Waals surface area contributed by atoms with Crippen LogP contribution in [0.1, 0.15) is 49.7 Å². The number of nitrogens with one attached hydrogen (secondary N) is 1. The summed E-state index contributed by atoms with van der Waals surface area (Å²) in [5.41, 5.74) is 5.89. The molecule has 1 aromatic carbocycles. The van der Waals surface area contributed by atoms with Crippen molar-refractivity contribution in [1.29, 1.82) is 0 Å². The van der Waals surface area contributed by atoms with Gasteiger partial charge in [0.05, 0.1) is 0 Å². The summed E-state index contributed by atoms with van der Waals surface area (Å²) in [6.45, 7) is 2.19. The van der Waals surface area contributed by atoms with Gasteiger partial charge in [0.2, 0.25) is 0 Å². The Labute approximate surface area is 111 Å². The van der Waals surface area contributed by atoms with Crippen molar-refractivity contribution >= 4 is 0 Å². The smallest absolute Gasteiger partial charge is 0.0279 e. The number of hydrazine groups is 1. The lowest BCUT2D eigenvalue weighted by Crippen LogP contribution is -2.42. The van der Waals surface area contributed by atoms with Crippen LogP contribution in [0.3, 0.4) is 0 Å². The van der Waals surface area contributed by atoms with E-state index in [0.29, 0.717) is 6.04 Å². The Hall–Kier alpha value is -0.860. The molecule has 0 amide bonds. The first-order valence-corrected chi connectivity index (χ1v) is 7.32. The molecule has 1 aromatic rings. The van der Waals surface area contributed by atoms with Crippen molar-refractivity contribution in [2.24, 2.45) is 11.8 Å². The summed E-state index contributed by atoms with van der Waals surface area (Å²) in [5.74, 6) is 6.55. The Balaban J connectivity index is 2.02. The van der Waals surface area contributed by atoms with Gasteiger partial charge in [-0.1, -0.05) is 49.9 Å². The fourth-order valence-corrected chi connectivity index (χ4v) is 3.15. The molecule has 0 saturated heterocycles. The van der Waals surface area contributed by atoms with E-state index in [1.165, 1.54) is 49.7 Å². The van der Waals surface area contributed by atoms with Gasteiger partial charge in [0, 0.05) is 6.04 Å². The molecule has 0 aliphatic heterocycles. The molecule has 1 unspecified atom stereocenters. The topological polar surface area (TPSA) is 38.0 Å². The third-order valence-corrected chi connectivity index (χ3v) is 4.38. The van der Waals surface area contributed by atoms with Crippen molar-refractivity contribution < 1.29 is 0 Å². The third kappa shape index (κ3) is 3.56. The Morgan fingerprint density at radius 1 is 1.17 bits per heavy atom. The predicted octanol–water partition coefficient (Wildman–Crippen LogP) is 3.34. The minimum absolute atomic E-state index is 0.434. The number of aryl methyl sites for hydroxylation is 1. The predicted molar refractivity (Wildman–Crippen MR) is 77.2 cm³/mol. The van der Waals surface area contributed by atoms with Gasteiger partial charge in [-0.3, -0.25) is 11.3 Å². The molecule has 0 aromatic heterocycles. The van der Waals surface area contributed by atoms with Gasteiger partial charge in [-0.15, -0.1) is 0 Å². The standard InChI is InChI=1S/C16H26N2/c1-13-8-6-7-11-15(13)12-16(18-17)14-9-4-2-3-5-10-14/h6-8,11,14,16,18H,2-5,9-10,12,17H2,1H3. The average Bonchev–Trinajstić information content (AvgIpc) is 2.67. The van der Waals surface area contributed by atoms with Gasteiger partial charge in [0.25, 0.3) is 0 Å². The molecule has 100 valence electrons. The molecule has 1 atom stereocenters. The van der Waals surface area contributed by atoms with Crippen LogP contribution < -0.4 is 11.3 Å². The molecule has 1 saturated carbocycles. The fourth-order valence-electron chi connectivity index (χ4n) is 3.15. The Morgan fingerprint density at radius 2 is 1.83 bits per heavy atom. The molecular weight excluding hydrogens is 220 g/mol. The van der Waals surface area contributed by atoms with E-state index < -0.39 is 0 Å². The van der Waals surface area contributed by atoms with Gasteiger partial charge in [0.1, 0.15) is 0 Å². The average molecular weight is 246 g/mol. The molecule has 1 aliphatic rings. The molecule has 2 nitrogen and oxygen atoms in total. The molecule has 0 heterocycles. The molecule has 0 spiro atoms. The zero-order valence-electron chi connectivity index (χ0n) is 11.5. The molecule has 0 radical (unpaired) electrons. The summed E-state index contributed by atoms with van der Waals surface area (Å²) in [5, 5.41) is 0. The first-order valence-electron chi connectivity index (χ1n) is 7.32. The van der Waals surface area contributed by atoms with E-state index in [0.717, 1.165) is 12.3 Å². The number of rotatable bonds is 4. The van der Waals surface area contributed by atoms with Crippen LogP contribution in [0.5, 0.6) is 0 Å². The van der Waals surface area contributed by atoms with Gasteiger partial charge in [-0.05, 0) is 43.2 Å². The summed E-state index contributed by atoms with van der Waals surface area (Å²) in [6, 6.07) is 9.09. The van der Waals surface area contributed by atoms with Crippen LogP contribution >= 0.6 is 0 Å². The van der Waals surface area contributed by atoms with Gasteiger partial charge in [-0.2, -0.15) is 0 Å². The van der Waals surface area contributed by atoms with E-state index in [-0.39, 0.29) is 0 Å². The van der Waals surface area contributed by atoms with Crippen molar-refractivity contribution in [3.8, 4) is 0 Å². The van der Waals surface area contributed by atoms with Crippen molar-refractivity contribution in [2.45, 2.75) is 57.9 Å². The SMILES string of the molecule is Cc1ccccc1CC(NN)C1CCCCCC1. The lowest BCUT2D eigenvalue weighted by Gasteiger charge is -2.26. The number of benzene rings is 1. The molecule has 18 heavy (non-hydrogen) atoms. The highest BCUT2D eigenvalue weighted by Gasteiger charge is 2.22. The van der Waals surface area contributed by atoms with Crippen molar-refractivity contribution in [2.75, 3.05) is 0 Å². The molecule has 0 bridgehead atoms. The molecular formula is C16H26N2. The highest BCUT2D eigenvalue weighted by Crippen LogP contribution is 2.27. The molecule has 3 N–H and O–H groups in total. The van der Waals surface area contributed by atoms with E-state index in [4.69, 9.17) is 5.84 Å². The van der Waals surface area contributed by atoms with Crippen LogP contribution in [0.2, 0.25) is 0 Å². The molecule has 2 heteroatoms. The molecule has 1 aliphatic carbocycles. The fraction of sp³-hybridized carbons (Fsp3) is 0.625. The van der Waals surface area contributed by atoms with Crippen molar-refractivity contribution in [1.82, 2.24) is 5.43 Å². The zero-order valence-corrected chi connectivity index (χ0v) is 11.5. The van der Waals surface area contributed by atoms with Crippen LogP contribution in [0.4, 0.5) is 0 Å². The minimum atomic E-state index is 0.434. The van der Waals surface area contributed by atoms with Crippen LogP contribution in [-0.2, 0) is 6.42 Å². The normalized spacial score (nSPS) is 19.4. The monoisotopic (exact) mass is 246 g/mol. The summed E-state index contributed by atoms with van der Waals surface area (Å²) in [6.07, 6.45) is 9.28. The maximum atomic E-state index is 5.80. The van der Waals surface area contributed by atoms with Crippen LogP contribution in [0.15, 0.2) is 24.3 Å². The highest BCUT2D eigenvalue weighted by atomic mass is 15.2. The summed E-state index contributed by atoms with van der Waals surface area (Å²) >= 11 is 0. The maximum Gasteiger partial charge on any atom is 0.0279 e. The Bertz CT molecular complexity index is 354. The van der Waals surface area contributed by atoms with E-state index in [1.807, 2.05) is 0 Å². The van der Waals surface area contributed by atoms with Gasteiger partial charge >= 0.3 is 0 Å². The lowest BCUT2D eigenvalue weighted by atomic mass is 9.87. The van der Waals surface area contributed by atoms with Gasteiger partial charge in [0.15, 0.2) is 0 Å². The number of nitrogens with two attached hydrogens (primary N) is 1.